The summed E-state index contributed by atoms with van der Waals surface area (Å²) in [6.45, 7) is 4.41. The third kappa shape index (κ3) is 4.50. The van der Waals surface area contributed by atoms with Gasteiger partial charge in [-0.05, 0) is 40.9 Å². The van der Waals surface area contributed by atoms with Crippen molar-refractivity contribution in [2.24, 2.45) is 5.92 Å². The summed E-state index contributed by atoms with van der Waals surface area (Å²) in [5.74, 6) is -0.278. The largest absolute Gasteiger partial charge is 0.340 e. The molecule has 1 aromatic heterocycles. The van der Waals surface area contributed by atoms with Crippen LogP contribution in [0.1, 0.15) is 18.4 Å². The van der Waals surface area contributed by atoms with E-state index in [1.54, 1.807) is 12.1 Å². The number of rotatable bonds is 5. The van der Waals surface area contributed by atoms with Crippen LogP contribution in [0.5, 0.6) is 0 Å². The Labute approximate surface area is 193 Å². The first-order valence-corrected chi connectivity index (χ1v) is 12.7. The third-order valence-corrected chi connectivity index (χ3v) is 8.43. The highest BCUT2D eigenvalue weighted by Gasteiger charge is 2.37. The molecule has 2 saturated heterocycles. The van der Waals surface area contributed by atoms with Crippen LogP contribution in [-0.2, 0) is 21.4 Å². The zero-order valence-electron chi connectivity index (χ0n) is 18.3. The smallest absolute Gasteiger partial charge is 0.245 e. The van der Waals surface area contributed by atoms with E-state index in [0.717, 1.165) is 19.6 Å². The number of benzene rings is 2. The van der Waals surface area contributed by atoms with Gasteiger partial charge in [0.15, 0.2) is 5.52 Å². The molecule has 1 amide bonds. The summed E-state index contributed by atoms with van der Waals surface area (Å²) >= 11 is 0. The molecular weight excluding hydrogens is 442 g/mol. The van der Waals surface area contributed by atoms with Gasteiger partial charge in [-0.15, -0.1) is 0 Å². The number of aromatic nitrogens is 2. The highest BCUT2D eigenvalue weighted by atomic mass is 32.2. The molecule has 33 heavy (non-hydrogen) atoms. The first-order chi connectivity index (χ1) is 16.0. The van der Waals surface area contributed by atoms with Crippen LogP contribution >= 0.6 is 0 Å². The number of amides is 1. The number of piperidine rings is 1. The van der Waals surface area contributed by atoms with Crippen molar-refractivity contribution in [2.75, 3.05) is 39.3 Å². The molecule has 2 aliphatic heterocycles. The van der Waals surface area contributed by atoms with Gasteiger partial charge in [0.05, 0.1) is 5.92 Å². The molecule has 3 heterocycles. The van der Waals surface area contributed by atoms with E-state index in [4.69, 9.17) is 4.63 Å². The lowest BCUT2D eigenvalue weighted by atomic mass is 9.97. The fraction of sp³-hybridized carbons (Fsp3) is 0.435. The fourth-order valence-corrected chi connectivity index (χ4v) is 6.38. The Morgan fingerprint density at radius 1 is 0.970 bits per heavy atom. The maximum absolute atomic E-state index is 13.3. The van der Waals surface area contributed by atoms with Gasteiger partial charge < -0.3 is 4.90 Å². The minimum Gasteiger partial charge on any atom is -0.340 e. The van der Waals surface area contributed by atoms with Crippen LogP contribution in [0.15, 0.2) is 58.1 Å². The van der Waals surface area contributed by atoms with Crippen molar-refractivity contribution in [2.45, 2.75) is 24.3 Å². The molecule has 9 nitrogen and oxygen atoms in total. The molecule has 0 saturated carbocycles. The van der Waals surface area contributed by atoms with E-state index in [2.05, 4.69) is 27.3 Å². The minimum absolute atomic E-state index is 0.0515. The highest BCUT2D eigenvalue weighted by molar-refractivity contribution is 7.89. The molecule has 3 aromatic rings. The first-order valence-electron chi connectivity index (χ1n) is 11.3. The van der Waals surface area contributed by atoms with Crippen LogP contribution in [-0.4, -0.2) is 78.0 Å². The molecule has 2 aromatic carbocycles. The van der Waals surface area contributed by atoms with Crippen molar-refractivity contribution in [3.05, 3.63) is 54.1 Å². The predicted molar refractivity (Wildman–Crippen MR) is 122 cm³/mol. The van der Waals surface area contributed by atoms with Gasteiger partial charge in [-0.3, -0.25) is 9.69 Å². The van der Waals surface area contributed by atoms with Gasteiger partial charge in [-0.25, -0.2) is 13.0 Å². The Hall–Kier alpha value is -2.82. The molecule has 10 heteroatoms. The minimum atomic E-state index is -3.81. The number of fused-ring (bicyclic) bond motifs is 1. The number of hydrogen-bond acceptors (Lipinski definition) is 7. The average Bonchev–Trinajstić information content (AvgIpc) is 3.34. The van der Waals surface area contributed by atoms with E-state index in [1.165, 1.54) is 15.9 Å². The summed E-state index contributed by atoms with van der Waals surface area (Å²) in [5, 5.41) is 7.51. The van der Waals surface area contributed by atoms with Crippen molar-refractivity contribution in [3.63, 3.8) is 0 Å². The second-order valence-corrected chi connectivity index (χ2v) is 10.6. The normalized spacial score (nSPS) is 20.8. The summed E-state index contributed by atoms with van der Waals surface area (Å²) in [6.07, 6.45) is 1.35. The second kappa shape index (κ2) is 9.20. The van der Waals surface area contributed by atoms with Crippen molar-refractivity contribution in [1.29, 1.82) is 0 Å². The van der Waals surface area contributed by atoms with Crippen LogP contribution in [0.3, 0.4) is 0 Å². The molecule has 5 rings (SSSR count). The number of nitrogens with zero attached hydrogens (tertiary/aromatic N) is 5. The standard InChI is InChI=1S/C23H27N5O4S/c29-23(27-14-12-26(13-15-27)16-18-6-2-1-3-7-18)19-8-5-11-28(17-19)33(30,31)21-10-4-9-20-22(21)25-32-24-20/h1-4,6-7,9-10,19H,5,8,11-17H2/t19-/m1/s1. The van der Waals surface area contributed by atoms with E-state index < -0.39 is 10.0 Å². The Morgan fingerprint density at radius 2 is 1.76 bits per heavy atom. The summed E-state index contributed by atoms with van der Waals surface area (Å²) in [6, 6.07) is 15.1. The number of piperazine rings is 1. The summed E-state index contributed by atoms with van der Waals surface area (Å²) in [5.41, 5.74) is 1.89. The third-order valence-electron chi connectivity index (χ3n) is 6.53. The Bertz CT molecular complexity index is 1220. The fourth-order valence-electron chi connectivity index (χ4n) is 4.72. The number of carbonyl (C=O) groups excluding carboxylic acids is 1. The summed E-state index contributed by atoms with van der Waals surface area (Å²) in [4.78, 5) is 17.6. The van der Waals surface area contributed by atoms with Gasteiger partial charge in [-0.1, -0.05) is 36.4 Å². The van der Waals surface area contributed by atoms with Crippen LogP contribution in [0, 0.1) is 5.92 Å². The molecule has 0 spiro atoms. The Morgan fingerprint density at radius 3 is 2.55 bits per heavy atom. The average molecular weight is 470 g/mol. The number of carbonyl (C=O) groups is 1. The van der Waals surface area contributed by atoms with E-state index in [-0.39, 0.29) is 28.8 Å². The van der Waals surface area contributed by atoms with Gasteiger partial charge in [0.1, 0.15) is 10.4 Å². The molecule has 2 aliphatic rings. The Kier molecular flexibility index (Phi) is 6.13. The van der Waals surface area contributed by atoms with Crippen LogP contribution < -0.4 is 0 Å². The number of sulfonamides is 1. The number of hydrogen-bond donors (Lipinski definition) is 0. The van der Waals surface area contributed by atoms with Crippen LogP contribution in [0.25, 0.3) is 11.0 Å². The van der Waals surface area contributed by atoms with Crippen molar-refractivity contribution in [3.8, 4) is 0 Å². The Balaban J connectivity index is 1.23. The quantitative estimate of drug-likeness (QED) is 0.563. The molecule has 2 fully saturated rings. The molecule has 0 aliphatic carbocycles. The zero-order chi connectivity index (χ0) is 22.8. The van der Waals surface area contributed by atoms with Crippen molar-refractivity contribution < 1.29 is 17.8 Å². The molecular formula is C23H27N5O4S. The SMILES string of the molecule is O=C([C@@H]1CCCN(S(=O)(=O)c2cccc3nonc23)C1)N1CCN(Cc2ccccc2)CC1. The summed E-state index contributed by atoms with van der Waals surface area (Å²) < 4.78 is 32.8. The monoisotopic (exact) mass is 469 g/mol. The highest BCUT2D eigenvalue weighted by Crippen LogP contribution is 2.28. The molecule has 0 unspecified atom stereocenters. The van der Waals surface area contributed by atoms with Crippen molar-refractivity contribution >= 4 is 27.0 Å². The van der Waals surface area contributed by atoms with Gasteiger partial charge in [0, 0.05) is 45.8 Å². The molecule has 0 radical (unpaired) electrons. The molecule has 1 atom stereocenters. The van der Waals surface area contributed by atoms with E-state index in [9.17, 15) is 13.2 Å². The van der Waals surface area contributed by atoms with Crippen LogP contribution in [0.2, 0.25) is 0 Å². The van der Waals surface area contributed by atoms with Crippen molar-refractivity contribution in [1.82, 2.24) is 24.4 Å². The molecule has 0 N–H and O–H groups in total. The van der Waals surface area contributed by atoms with Gasteiger partial charge in [0.25, 0.3) is 0 Å². The second-order valence-electron chi connectivity index (χ2n) is 8.68. The lowest BCUT2D eigenvalue weighted by molar-refractivity contribution is -0.138. The topological polar surface area (TPSA) is 99.8 Å². The van der Waals surface area contributed by atoms with Gasteiger partial charge in [0.2, 0.25) is 15.9 Å². The van der Waals surface area contributed by atoms with E-state index in [1.807, 2.05) is 23.1 Å². The zero-order valence-corrected chi connectivity index (χ0v) is 19.2. The van der Waals surface area contributed by atoms with E-state index in [0.29, 0.717) is 38.0 Å². The van der Waals surface area contributed by atoms with Gasteiger partial charge in [-0.2, -0.15) is 4.31 Å². The predicted octanol–water partition coefficient (Wildman–Crippen LogP) is 1.97. The lowest BCUT2D eigenvalue weighted by Gasteiger charge is -2.38. The van der Waals surface area contributed by atoms with E-state index >= 15 is 0 Å². The summed E-state index contributed by atoms with van der Waals surface area (Å²) in [7, 11) is -3.81. The maximum atomic E-state index is 13.3. The maximum Gasteiger partial charge on any atom is 0.245 e. The molecule has 0 bridgehead atoms. The van der Waals surface area contributed by atoms with Gasteiger partial charge >= 0.3 is 0 Å². The molecule has 174 valence electrons. The van der Waals surface area contributed by atoms with Crippen LogP contribution in [0.4, 0.5) is 0 Å². The first kappa shape index (κ1) is 22.0. The lowest BCUT2D eigenvalue weighted by Crippen LogP contribution is -2.52.